The van der Waals surface area contributed by atoms with Gasteiger partial charge in [-0.15, -0.1) is 0 Å². The highest BCUT2D eigenvalue weighted by Crippen LogP contribution is 2.37. The monoisotopic (exact) mass is 540 g/mol. The summed E-state index contributed by atoms with van der Waals surface area (Å²) in [5.41, 5.74) is 4.17. The van der Waals surface area contributed by atoms with Crippen molar-refractivity contribution in [1.29, 1.82) is 0 Å². The van der Waals surface area contributed by atoms with Gasteiger partial charge >= 0.3 is 0 Å². The number of amides is 1. The maximum atomic E-state index is 13.9. The summed E-state index contributed by atoms with van der Waals surface area (Å²) < 4.78 is 16.0. The third-order valence-corrected chi connectivity index (χ3v) is 6.88. The van der Waals surface area contributed by atoms with E-state index in [9.17, 15) is 18.8 Å². The van der Waals surface area contributed by atoms with Gasteiger partial charge in [0.1, 0.15) is 16.3 Å². The summed E-state index contributed by atoms with van der Waals surface area (Å²) in [5, 5.41) is 7.01. The van der Waals surface area contributed by atoms with Gasteiger partial charge in [0.2, 0.25) is 0 Å². The lowest BCUT2D eigenvalue weighted by Gasteiger charge is -2.17. The van der Waals surface area contributed by atoms with E-state index in [1.165, 1.54) is 6.07 Å². The Morgan fingerprint density at radius 2 is 1.94 bits per heavy atom. The van der Waals surface area contributed by atoms with Crippen LogP contribution in [0, 0.1) is 25.6 Å². The molecule has 182 valence electrons. The fourth-order valence-electron chi connectivity index (χ4n) is 4.65. The van der Waals surface area contributed by atoms with Crippen molar-refractivity contribution < 1.29 is 18.8 Å². The van der Waals surface area contributed by atoms with Crippen molar-refractivity contribution in [3.63, 3.8) is 0 Å². The van der Waals surface area contributed by atoms with E-state index < -0.39 is 23.6 Å². The topological polar surface area (TPSA) is 93.9 Å². The van der Waals surface area contributed by atoms with Crippen LogP contribution in [0.3, 0.4) is 0 Å². The largest absolute Gasteiger partial charge is 0.351 e. The molecule has 0 aliphatic heterocycles. The van der Waals surface area contributed by atoms with E-state index in [0.717, 1.165) is 40.4 Å². The zero-order valence-corrected chi connectivity index (χ0v) is 21.4. The average Bonchev–Trinajstić information content (AvgIpc) is 3.40. The number of carbonyl (C=O) groups is 3. The van der Waals surface area contributed by atoms with Gasteiger partial charge in [-0.05, 0) is 89.1 Å². The van der Waals surface area contributed by atoms with Crippen molar-refractivity contribution in [2.24, 2.45) is 5.92 Å². The number of halogens is 2. The Hall–Kier alpha value is -3.20. The van der Waals surface area contributed by atoms with Crippen LogP contribution in [-0.2, 0) is 16.0 Å². The molecule has 2 unspecified atom stereocenters. The van der Waals surface area contributed by atoms with Crippen LogP contribution in [0.1, 0.15) is 58.4 Å². The van der Waals surface area contributed by atoms with Gasteiger partial charge in [0.15, 0.2) is 17.3 Å². The molecule has 1 aromatic carbocycles. The number of nitrogens with zero attached hydrogens (tertiary/aromatic N) is 3. The van der Waals surface area contributed by atoms with E-state index in [0.29, 0.717) is 11.0 Å². The lowest BCUT2D eigenvalue weighted by molar-refractivity contribution is -0.124. The van der Waals surface area contributed by atoms with Crippen molar-refractivity contribution >= 4 is 33.4 Å². The molecule has 1 amide bonds. The van der Waals surface area contributed by atoms with Gasteiger partial charge in [0, 0.05) is 25.1 Å². The van der Waals surface area contributed by atoms with Crippen molar-refractivity contribution in [3.8, 4) is 5.69 Å². The van der Waals surface area contributed by atoms with Gasteiger partial charge in [-0.2, -0.15) is 5.10 Å². The number of nitrogens with one attached hydrogen (secondary N) is 1. The number of aromatic nitrogens is 3. The van der Waals surface area contributed by atoms with Crippen LogP contribution in [0.15, 0.2) is 41.3 Å². The number of pyridine rings is 1. The highest BCUT2D eigenvalue weighted by Gasteiger charge is 2.42. The van der Waals surface area contributed by atoms with Crippen LogP contribution in [0.25, 0.3) is 5.69 Å². The van der Waals surface area contributed by atoms with Crippen molar-refractivity contribution in [2.45, 2.75) is 46.0 Å². The maximum Gasteiger partial charge on any atom is 0.272 e. The highest BCUT2D eigenvalue weighted by molar-refractivity contribution is 9.10. The Morgan fingerprint density at radius 3 is 2.60 bits per heavy atom. The fourth-order valence-corrected chi connectivity index (χ4v) is 4.96. The van der Waals surface area contributed by atoms with Gasteiger partial charge in [0.05, 0.1) is 11.9 Å². The summed E-state index contributed by atoms with van der Waals surface area (Å²) in [6, 6.07) is 6.45. The summed E-state index contributed by atoms with van der Waals surface area (Å²) in [5.74, 6) is -2.94. The number of benzene rings is 1. The number of carbonyl (C=O) groups excluding carboxylic acids is 3. The molecule has 9 heteroatoms. The van der Waals surface area contributed by atoms with E-state index >= 15 is 0 Å². The first-order valence-electron chi connectivity index (χ1n) is 11.5. The first-order valence-corrected chi connectivity index (χ1v) is 12.3. The molecule has 0 spiro atoms. The minimum atomic E-state index is -0.808. The van der Waals surface area contributed by atoms with Gasteiger partial charge in [-0.25, -0.2) is 14.1 Å². The molecular formula is C26H26BrFN4O3. The second-order valence-corrected chi connectivity index (χ2v) is 9.66. The predicted molar refractivity (Wildman–Crippen MR) is 132 cm³/mol. The van der Waals surface area contributed by atoms with Crippen molar-refractivity contribution in [2.75, 3.05) is 6.54 Å². The first-order chi connectivity index (χ1) is 16.7. The fraction of sp³-hybridized carbons (Fsp3) is 0.346. The molecular weight excluding hydrogens is 515 g/mol. The minimum Gasteiger partial charge on any atom is -0.351 e. The molecule has 2 atom stereocenters. The summed E-state index contributed by atoms with van der Waals surface area (Å²) in [6.45, 7) is 6.02. The SMILES string of the molecule is CCc1cnn(-c2cc(C)c(C3C(=O)CC(CCNC(=O)c4nc(Br)ccc4F)C3=O)c(C)c2)c1. The number of aryl methyl sites for hydroxylation is 3. The van der Waals surface area contributed by atoms with Crippen LogP contribution in [0.5, 0.6) is 0 Å². The molecule has 3 aromatic rings. The maximum absolute atomic E-state index is 13.9. The normalized spacial score (nSPS) is 17.7. The zero-order chi connectivity index (χ0) is 25.3. The number of rotatable bonds is 7. The number of ketones is 2. The lowest BCUT2D eigenvalue weighted by Crippen LogP contribution is -2.28. The second kappa shape index (κ2) is 10.2. The van der Waals surface area contributed by atoms with Crippen LogP contribution in [0.4, 0.5) is 4.39 Å². The molecule has 1 saturated carbocycles. The van der Waals surface area contributed by atoms with Gasteiger partial charge in [0.25, 0.3) is 5.91 Å². The molecule has 7 nitrogen and oxygen atoms in total. The lowest BCUT2D eigenvalue weighted by atomic mass is 9.87. The third kappa shape index (κ3) is 5.10. The summed E-state index contributed by atoms with van der Waals surface area (Å²) >= 11 is 3.12. The zero-order valence-electron chi connectivity index (χ0n) is 19.8. The van der Waals surface area contributed by atoms with Crippen LogP contribution in [0.2, 0.25) is 0 Å². The molecule has 35 heavy (non-hydrogen) atoms. The van der Waals surface area contributed by atoms with E-state index in [2.05, 4.69) is 38.3 Å². The molecule has 1 aliphatic carbocycles. The van der Waals surface area contributed by atoms with Crippen molar-refractivity contribution in [1.82, 2.24) is 20.1 Å². The second-order valence-electron chi connectivity index (χ2n) is 8.85. The summed E-state index contributed by atoms with van der Waals surface area (Å²) in [6.07, 6.45) is 5.11. The molecule has 0 saturated heterocycles. The van der Waals surface area contributed by atoms with E-state index in [-0.39, 0.29) is 30.2 Å². The molecule has 1 N–H and O–H groups in total. The Morgan fingerprint density at radius 1 is 1.23 bits per heavy atom. The number of hydrogen-bond donors (Lipinski definition) is 1. The highest BCUT2D eigenvalue weighted by atomic mass is 79.9. The molecule has 1 aliphatic rings. The number of Topliss-reactive ketones (excluding diaryl/α,β-unsaturated/α-hetero) is 2. The smallest absolute Gasteiger partial charge is 0.272 e. The standard InChI is InChI=1S/C26H26BrFN4O3/c1-4-16-12-30-32(13-16)18-9-14(2)22(15(3)10-18)23-20(33)11-17(25(23)34)7-8-29-26(35)24-19(28)5-6-21(27)31-24/h5-6,9-10,12-13,17,23H,4,7-8,11H2,1-3H3,(H,29,35). The van der Waals surface area contributed by atoms with Crippen LogP contribution in [-0.4, -0.2) is 38.8 Å². The third-order valence-electron chi connectivity index (χ3n) is 6.44. The van der Waals surface area contributed by atoms with Gasteiger partial charge in [-0.1, -0.05) is 6.92 Å². The number of hydrogen-bond acceptors (Lipinski definition) is 5. The quantitative estimate of drug-likeness (QED) is 0.354. The first kappa shape index (κ1) is 24.9. The molecule has 4 rings (SSSR count). The van der Waals surface area contributed by atoms with E-state index in [1.807, 2.05) is 38.4 Å². The van der Waals surface area contributed by atoms with Gasteiger partial charge < -0.3 is 5.32 Å². The Balaban J connectivity index is 1.46. The minimum absolute atomic E-state index is 0.114. The summed E-state index contributed by atoms with van der Waals surface area (Å²) in [7, 11) is 0. The predicted octanol–water partition coefficient (Wildman–Crippen LogP) is 4.41. The van der Waals surface area contributed by atoms with Crippen molar-refractivity contribution in [3.05, 3.63) is 75.0 Å². The Bertz CT molecular complexity index is 1300. The molecule has 1 fully saturated rings. The Kier molecular flexibility index (Phi) is 7.25. The molecule has 2 heterocycles. The van der Waals surface area contributed by atoms with Gasteiger partial charge in [-0.3, -0.25) is 14.4 Å². The Labute approximate surface area is 211 Å². The molecule has 0 bridgehead atoms. The molecule has 2 aromatic heterocycles. The molecule has 0 radical (unpaired) electrons. The average molecular weight is 541 g/mol. The summed E-state index contributed by atoms with van der Waals surface area (Å²) in [4.78, 5) is 42.3. The van der Waals surface area contributed by atoms with Crippen LogP contribution < -0.4 is 5.32 Å². The van der Waals surface area contributed by atoms with E-state index in [1.54, 1.807) is 4.68 Å². The van der Waals surface area contributed by atoms with E-state index in [4.69, 9.17) is 0 Å². The van der Waals surface area contributed by atoms with Crippen LogP contribution >= 0.6 is 15.9 Å².